The van der Waals surface area contributed by atoms with Crippen LogP contribution in [0.3, 0.4) is 0 Å². The number of aromatic nitrogens is 2. The summed E-state index contributed by atoms with van der Waals surface area (Å²) >= 11 is 0. The second kappa shape index (κ2) is 9.32. The van der Waals surface area contributed by atoms with Gasteiger partial charge in [-0.05, 0) is 77.5 Å². The van der Waals surface area contributed by atoms with Gasteiger partial charge in [-0.25, -0.2) is 4.98 Å². The fourth-order valence-electron chi connectivity index (χ4n) is 5.16. The molecule has 0 saturated carbocycles. The molecular weight excluding hydrogens is 392 g/mol. The third-order valence-electron chi connectivity index (χ3n) is 6.74. The molecule has 1 aromatic heterocycles. The second-order valence-electron chi connectivity index (χ2n) is 9.22. The average molecular weight is 429 g/mol. The van der Waals surface area contributed by atoms with E-state index >= 15 is 0 Å². The number of aryl methyl sites for hydroxylation is 5. The Morgan fingerprint density at radius 1 is 1.00 bits per heavy atom. The Labute approximate surface area is 193 Å². The summed E-state index contributed by atoms with van der Waals surface area (Å²) in [4.78, 5) is 14.9. The molecule has 0 fully saturated rings. The van der Waals surface area contributed by atoms with E-state index in [4.69, 9.17) is 9.97 Å². The minimum atomic E-state index is 0.441. The van der Waals surface area contributed by atoms with Gasteiger partial charge in [-0.15, -0.1) is 0 Å². The van der Waals surface area contributed by atoms with Gasteiger partial charge in [0.05, 0.1) is 0 Å². The predicted octanol–water partition coefficient (Wildman–Crippen LogP) is 6.25. The number of hydrogen-bond acceptors (Lipinski definition) is 4. The molecule has 1 aliphatic heterocycles. The summed E-state index contributed by atoms with van der Waals surface area (Å²) in [7, 11) is 0. The van der Waals surface area contributed by atoms with Crippen LogP contribution >= 0.6 is 0 Å². The topological polar surface area (TPSA) is 32.3 Å². The van der Waals surface area contributed by atoms with Crippen LogP contribution in [0.2, 0.25) is 0 Å². The predicted molar refractivity (Wildman–Crippen MR) is 135 cm³/mol. The molecule has 0 spiro atoms. The van der Waals surface area contributed by atoms with Crippen molar-refractivity contribution in [2.45, 2.75) is 66.8 Å². The van der Waals surface area contributed by atoms with Gasteiger partial charge in [0, 0.05) is 36.1 Å². The van der Waals surface area contributed by atoms with E-state index in [9.17, 15) is 0 Å². The van der Waals surface area contributed by atoms with Crippen molar-refractivity contribution in [3.8, 4) is 0 Å². The summed E-state index contributed by atoms with van der Waals surface area (Å²) in [5.41, 5.74) is 8.92. The van der Waals surface area contributed by atoms with E-state index in [1.807, 2.05) is 0 Å². The Hall–Kier alpha value is -2.88. The molecule has 32 heavy (non-hydrogen) atoms. The molecule has 168 valence electrons. The largest absolute Gasteiger partial charge is 0.353 e. The van der Waals surface area contributed by atoms with Gasteiger partial charge in [-0.2, -0.15) is 4.98 Å². The number of fused-ring (bicyclic) bond motifs is 1. The van der Waals surface area contributed by atoms with E-state index in [-0.39, 0.29) is 0 Å². The summed E-state index contributed by atoms with van der Waals surface area (Å²) in [5, 5.41) is 0. The molecule has 1 atom stereocenters. The van der Waals surface area contributed by atoms with Gasteiger partial charge in [0.2, 0.25) is 5.95 Å². The lowest BCUT2D eigenvalue weighted by molar-refractivity contribution is 0.600. The van der Waals surface area contributed by atoms with Gasteiger partial charge in [-0.1, -0.05) is 48.0 Å². The van der Waals surface area contributed by atoms with Crippen LogP contribution in [0.25, 0.3) is 0 Å². The first-order valence-electron chi connectivity index (χ1n) is 11.9. The van der Waals surface area contributed by atoms with Crippen LogP contribution in [0.1, 0.15) is 53.8 Å². The van der Waals surface area contributed by atoms with E-state index in [1.54, 1.807) is 0 Å². The van der Waals surface area contributed by atoms with E-state index < -0.39 is 0 Å². The van der Waals surface area contributed by atoms with E-state index in [2.05, 4.69) is 93.8 Å². The Bertz CT molecular complexity index is 1070. The van der Waals surface area contributed by atoms with Gasteiger partial charge in [0.15, 0.2) is 0 Å². The van der Waals surface area contributed by atoms with Crippen LogP contribution in [0.4, 0.5) is 17.5 Å². The minimum Gasteiger partial charge on any atom is -0.353 e. The second-order valence-corrected chi connectivity index (χ2v) is 9.22. The molecule has 4 rings (SSSR count). The highest BCUT2D eigenvalue weighted by Crippen LogP contribution is 2.36. The van der Waals surface area contributed by atoms with Crippen LogP contribution in [-0.4, -0.2) is 29.1 Å². The molecule has 2 heterocycles. The lowest BCUT2D eigenvalue weighted by Crippen LogP contribution is -2.32. The summed E-state index contributed by atoms with van der Waals surface area (Å²) in [5.74, 6) is 1.95. The average Bonchev–Trinajstić information content (AvgIpc) is 3.20. The van der Waals surface area contributed by atoms with Crippen molar-refractivity contribution in [1.29, 1.82) is 0 Å². The summed E-state index contributed by atoms with van der Waals surface area (Å²) in [6, 6.07) is 15.7. The standard InChI is InChI=1S/C28H36N4/c1-7-31(26-20(3)17-19(2)18-21(26)4)28-29-23(6)25-15-16-32(27(25)30-28)22(5)13-14-24-11-9-8-10-12-24/h8-12,17-18,22H,7,13-16H2,1-6H3. The molecule has 4 heteroatoms. The maximum atomic E-state index is 5.16. The molecule has 1 aliphatic rings. The van der Waals surface area contributed by atoms with Crippen molar-refractivity contribution in [2.75, 3.05) is 22.9 Å². The molecule has 0 aliphatic carbocycles. The maximum absolute atomic E-state index is 5.16. The Morgan fingerprint density at radius 3 is 2.34 bits per heavy atom. The highest BCUT2D eigenvalue weighted by Gasteiger charge is 2.29. The molecule has 3 aromatic rings. The fraction of sp³-hybridized carbons (Fsp3) is 0.429. The molecule has 0 radical (unpaired) electrons. The van der Waals surface area contributed by atoms with Crippen molar-refractivity contribution in [1.82, 2.24) is 9.97 Å². The van der Waals surface area contributed by atoms with E-state index in [0.29, 0.717) is 6.04 Å². The lowest BCUT2D eigenvalue weighted by atomic mass is 10.0. The van der Waals surface area contributed by atoms with Crippen LogP contribution in [-0.2, 0) is 12.8 Å². The fourth-order valence-corrected chi connectivity index (χ4v) is 5.16. The minimum absolute atomic E-state index is 0.441. The summed E-state index contributed by atoms with van der Waals surface area (Å²) in [6.45, 7) is 15.1. The van der Waals surface area contributed by atoms with Crippen molar-refractivity contribution in [2.24, 2.45) is 0 Å². The third-order valence-corrected chi connectivity index (χ3v) is 6.74. The van der Waals surface area contributed by atoms with Crippen LogP contribution in [0, 0.1) is 27.7 Å². The number of hydrogen-bond donors (Lipinski definition) is 0. The van der Waals surface area contributed by atoms with E-state index in [0.717, 1.165) is 49.8 Å². The van der Waals surface area contributed by atoms with Crippen molar-refractivity contribution in [3.05, 3.63) is 76.0 Å². The zero-order valence-electron chi connectivity index (χ0n) is 20.4. The number of nitrogens with zero attached hydrogens (tertiary/aromatic N) is 4. The first-order chi connectivity index (χ1) is 15.4. The molecule has 0 saturated heterocycles. The quantitative estimate of drug-likeness (QED) is 0.445. The third kappa shape index (κ3) is 4.36. The first-order valence-corrected chi connectivity index (χ1v) is 11.9. The molecular formula is C28H36N4. The van der Waals surface area contributed by atoms with Gasteiger partial charge >= 0.3 is 0 Å². The summed E-state index contributed by atoms with van der Waals surface area (Å²) < 4.78 is 0. The highest BCUT2D eigenvalue weighted by molar-refractivity contribution is 5.68. The molecule has 4 nitrogen and oxygen atoms in total. The molecule has 0 bridgehead atoms. The first kappa shape index (κ1) is 22.3. The summed E-state index contributed by atoms with van der Waals surface area (Å²) in [6.07, 6.45) is 3.24. The number of anilines is 3. The number of benzene rings is 2. The van der Waals surface area contributed by atoms with Crippen LogP contribution in [0.5, 0.6) is 0 Å². The lowest BCUT2D eigenvalue weighted by Gasteiger charge is -2.29. The number of rotatable bonds is 7. The highest BCUT2D eigenvalue weighted by atomic mass is 15.3. The van der Waals surface area contributed by atoms with Crippen LogP contribution in [0.15, 0.2) is 42.5 Å². The SMILES string of the molecule is CCN(c1nc(C)c2c(n1)N(C(C)CCc1ccccc1)CC2)c1c(C)cc(C)cc1C. The monoisotopic (exact) mass is 428 g/mol. The maximum Gasteiger partial charge on any atom is 0.232 e. The zero-order valence-corrected chi connectivity index (χ0v) is 20.4. The van der Waals surface area contributed by atoms with Crippen molar-refractivity contribution >= 4 is 17.5 Å². The molecule has 0 amide bonds. The van der Waals surface area contributed by atoms with Crippen molar-refractivity contribution < 1.29 is 0 Å². The smallest absolute Gasteiger partial charge is 0.232 e. The van der Waals surface area contributed by atoms with Crippen LogP contribution < -0.4 is 9.80 Å². The van der Waals surface area contributed by atoms with Gasteiger partial charge in [0.25, 0.3) is 0 Å². The van der Waals surface area contributed by atoms with Gasteiger partial charge in [0.1, 0.15) is 5.82 Å². The molecule has 1 unspecified atom stereocenters. The van der Waals surface area contributed by atoms with Gasteiger partial charge in [-0.3, -0.25) is 0 Å². The Morgan fingerprint density at radius 2 is 1.69 bits per heavy atom. The van der Waals surface area contributed by atoms with Crippen molar-refractivity contribution in [3.63, 3.8) is 0 Å². The van der Waals surface area contributed by atoms with Gasteiger partial charge < -0.3 is 9.80 Å². The van der Waals surface area contributed by atoms with E-state index in [1.165, 1.54) is 33.5 Å². The normalized spacial score (nSPS) is 13.9. The zero-order chi connectivity index (χ0) is 22.8. The Kier molecular flexibility index (Phi) is 6.50. The molecule has 2 aromatic carbocycles. The Balaban J connectivity index is 1.64. The molecule has 0 N–H and O–H groups in total.